The Kier molecular flexibility index (Phi) is 4.27. The Bertz CT molecular complexity index is 558. The lowest BCUT2D eigenvalue weighted by Crippen LogP contribution is -2.03. The van der Waals surface area contributed by atoms with Crippen LogP contribution < -0.4 is 0 Å². The van der Waals surface area contributed by atoms with E-state index in [4.69, 9.17) is 21.1 Å². The van der Waals surface area contributed by atoms with Crippen molar-refractivity contribution < 1.29 is 14.3 Å². The molecule has 2 rings (SSSR count). The molecule has 0 saturated carbocycles. The minimum Gasteiger partial charge on any atom is -0.501 e. The quantitative estimate of drug-likeness (QED) is 0.787. The molecule has 1 aromatic rings. The molecule has 3 nitrogen and oxygen atoms in total. The zero-order chi connectivity index (χ0) is 13.8. The van der Waals surface area contributed by atoms with Crippen molar-refractivity contribution in [3.63, 3.8) is 0 Å². The highest BCUT2D eigenvalue weighted by atomic mass is 35.5. The van der Waals surface area contributed by atoms with Gasteiger partial charge in [-0.25, -0.2) is 0 Å². The van der Waals surface area contributed by atoms with Crippen molar-refractivity contribution in [1.29, 1.82) is 0 Å². The molecule has 0 fully saturated rings. The molecule has 1 aliphatic carbocycles. The van der Waals surface area contributed by atoms with E-state index in [0.29, 0.717) is 5.56 Å². The van der Waals surface area contributed by atoms with Gasteiger partial charge in [-0.3, -0.25) is 4.79 Å². The molecule has 0 N–H and O–H groups in total. The highest BCUT2D eigenvalue weighted by Crippen LogP contribution is 2.32. The topological polar surface area (TPSA) is 35.5 Å². The smallest absolute Gasteiger partial charge is 0.252 e. The third kappa shape index (κ3) is 2.99. The van der Waals surface area contributed by atoms with E-state index in [0.717, 1.165) is 35.5 Å². The van der Waals surface area contributed by atoms with Gasteiger partial charge < -0.3 is 9.47 Å². The third-order valence-electron chi connectivity index (χ3n) is 3.13. The summed E-state index contributed by atoms with van der Waals surface area (Å²) in [6.07, 6.45) is 3.51. The molecular weight excluding hydrogens is 264 g/mol. The monoisotopic (exact) mass is 278 g/mol. The van der Waals surface area contributed by atoms with Gasteiger partial charge in [0.1, 0.15) is 5.76 Å². The summed E-state index contributed by atoms with van der Waals surface area (Å²) in [5, 5.41) is -0.453. The van der Waals surface area contributed by atoms with E-state index in [1.165, 1.54) is 0 Å². The fourth-order valence-corrected chi connectivity index (χ4v) is 2.25. The maximum absolute atomic E-state index is 11.2. The number of methoxy groups -OCH3 is 2. The van der Waals surface area contributed by atoms with Crippen molar-refractivity contribution in [2.75, 3.05) is 14.2 Å². The van der Waals surface area contributed by atoms with E-state index in [9.17, 15) is 4.79 Å². The molecule has 1 aromatic carbocycles. The number of ether oxygens (including phenoxy) is 2. The maximum Gasteiger partial charge on any atom is 0.252 e. The summed E-state index contributed by atoms with van der Waals surface area (Å²) in [5.74, 6) is 1.66. The van der Waals surface area contributed by atoms with Gasteiger partial charge in [0.2, 0.25) is 0 Å². The fraction of sp³-hybridized carbons (Fsp3) is 0.267. The highest BCUT2D eigenvalue weighted by Gasteiger charge is 2.17. The number of halogens is 1. The van der Waals surface area contributed by atoms with Crippen LogP contribution in [0.5, 0.6) is 0 Å². The predicted molar refractivity (Wildman–Crippen MR) is 74.9 cm³/mol. The minimum atomic E-state index is -0.453. The molecule has 0 atom stereocenters. The first-order chi connectivity index (χ1) is 9.15. The van der Waals surface area contributed by atoms with Crippen LogP contribution in [-0.2, 0) is 9.47 Å². The number of hydrogen-bond donors (Lipinski definition) is 0. The summed E-state index contributed by atoms with van der Waals surface area (Å²) in [4.78, 5) is 11.2. The molecule has 1 aliphatic rings. The molecule has 19 heavy (non-hydrogen) atoms. The second-order valence-corrected chi connectivity index (χ2v) is 4.56. The van der Waals surface area contributed by atoms with E-state index in [1.807, 2.05) is 18.2 Å². The van der Waals surface area contributed by atoms with Crippen LogP contribution in [0.4, 0.5) is 0 Å². The molecular formula is C15H15ClO3. The number of benzene rings is 1. The van der Waals surface area contributed by atoms with Crippen molar-refractivity contribution in [3.8, 4) is 0 Å². The van der Waals surface area contributed by atoms with Crippen LogP contribution in [0.3, 0.4) is 0 Å². The van der Waals surface area contributed by atoms with Crippen LogP contribution in [0, 0.1) is 0 Å². The Labute approximate surface area is 117 Å². The van der Waals surface area contributed by atoms with Crippen molar-refractivity contribution >= 4 is 22.4 Å². The summed E-state index contributed by atoms with van der Waals surface area (Å²) in [5.41, 5.74) is 2.50. The van der Waals surface area contributed by atoms with E-state index in [1.54, 1.807) is 26.4 Å². The Morgan fingerprint density at radius 3 is 2.63 bits per heavy atom. The summed E-state index contributed by atoms with van der Waals surface area (Å²) >= 11 is 5.51. The first kappa shape index (κ1) is 13.7. The van der Waals surface area contributed by atoms with Crippen LogP contribution in [-0.4, -0.2) is 19.5 Å². The Morgan fingerprint density at radius 2 is 2.00 bits per heavy atom. The standard InChI is InChI=1S/C15H15ClO3/c1-18-12-6-7-13(14(9-12)19-2)10-4-3-5-11(8-10)15(16)17/h3-5,8-9H,6-7H2,1-2H3. The maximum atomic E-state index is 11.2. The second-order valence-electron chi connectivity index (χ2n) is 4.22. The van der Waals surface area contributed by atoms with Crippen molar-refractivity contribution in [2.45, 2.75) is 12.8 Å². The van der Waals surface area contributed by atoms with Crippen LogP contribution >= 0.6 is 11.6 Å². The molecule has 0 aromatic heterocycles. The molecule has 0 aliphatic heterocycles. The number of carbonyl (C=O) groups is 1. The Balaban J connectivity index is 2.45. The van der Waals surface area contributed by atoms with Gasteiger partial charge in [-0.2, -0.15) is 0 Å². The van der Waals surface area contributed by atoms with E-state index in [-0.39, 0.29) is 0 Å². The molecule has 0 spiro atoms. The number of rotatable bonds is 4. The molecule has 0 saturated heterocycles. The fourth-order valence-electron chi connectivity index (χ4n) is 2.14. The molecule has 0 amide bonds. The van der Waals surface area contributed by atoms with Crippen molar-refractivity contribution in [3.05, 3.63) is 53.0 Å². The number of allylic oxidation sites excluding steroid dienone is 3. The van der Waals surface area contributed by atoms with Gasteiger partial charge in [-0.15, -0.1) is 0 Å². The van der Waals surface area contributed by atoms with Gasteiger partial charge in [0.25, 0.3) is 5.24 Å². The lowest BCUT2D eigenvalue weighted by molar-refractivity contribution is 0.108. The third-order valence-corrected chi connectivity index (χ3v) is 3.35. The van der Waals surface area contributed by atoms with E-state index in [2.05, 4.69) is 0 Å². The molecule has 0 unspecified atom stereocenters. The lowest BCUT2D eigenvalue weighted by atomic mass is 9.94. The summed E-state index contributed by atoms with van der Waals surface area (Å²) in [6.45, 7) is 0. The summed E-state index contributed by atoms with van der Waals surface area (Å²) < 4.78 is 10.6. The lowest BCUT2D eigenvalue weighted by Gasteiger charge is -2.19. The van der Waals surface area contributed by atoms with Crippen LogP contribution in [0.2, 0.25) is 0 Å². The predicted octanol–water partition coefficient (Wildman–Crippen LogP) is 3.75. The average molecular weight is 279 g/mol. The SMILES string of the molecule is COC1=CC(OC)=C(c2cccc(C(=O)Cl)c2)CC1. The first-order valence-electron chi connectivity index (χ1n) is 5.97. The minimum absolute atomic E-state index is 0.453. The highest BCUT2D eigenvalue weighted by molar-refractivity contribution is 6.67. The molecule has 0 radical (unpaired) electrons. The Morgan fingerprint density at radius 1 is 1.21 bits per heavy atom. The van der Waals surface area contributed by atoms with Gasteiger partial charge in [0.05, 0.1) is 20.0 Å². The molecule has 4 heteroatoms. The van der Waals surface area contributed by atoms with Gasteiger partial charge in [-0.1, -0.05) is 18.2 Å². The largest absolute Gasteiger partial charge is 0.501 e. The van der Waals surface area contributed by atoms with Gasteiger partial charge in [0, 0.05) is 23.6 Å². The van der Waals surface area contributed by atoms with Crippen LogP contribution in [0.25, 0.3) is 5.57 Å². The summed E-state index contributed by atoms with van der Waals surface area (Å²) in [6, 6.07) is 7.25. The average Bonchev–Trinajstić information content (AvgIpc) is 2.46. The first-order valence-corrected chi connectivity index (χ1v) is 6.35. The van der Waals surface area contributed by atoms with Crippen molar-refractivity contribution in [1.82, 2.24) is 0 Å². The molecule has 100 valence electrons. The Hall–Kier alpha value is -1.74. The molecule has 0 heterocycles. The van der Waals surface area contributed by atoms with Crippen molar-refractivity contribution in [2.24, 2.45) is 0 Å². The normalized spacial score (nSPS) is 15.0. The van der Waals surface area contributed by atoms with Crippen LogP contribution in [0.1, 0.15) is 28.8 Å². The summed E-state index contributed by atoms with van der Waals surface area (Å²) in [7, 11) is 3.28. The molecule has 0 bridgehead atoms. The zero-order valence-electron chi connectivity index (χ0n) is 10.9. The van der Waals surface area contributed by atoms with Gasteiger partial charge in [0.15, 0.2) is 0 Å². The number of hydrogen-bond acceptors (Lipinski definition) is 3. The zero-order valence-corrected chi connectivity index (χ0v) is 11.7. The van der Waals surface area contributed by atoms with Crippen LogP contribution in [0.15, 0.2) is 41.9 Å². The second kappa shape index (κ2) is 5.93. The van der Waals surface area contributed by atoms with E-state index >= 15 is 0 Å². The van der Waals surface area contributed by atoms with Gasteiger partial charge >= 0.3 is 0 Å². The van der Waals surface area contributed by atoms with Gasteiger partial charge in [-0.05, 0) is 29.7 Å². The van der Waals surface area contributed by atoms with E-state index < -0.39 is 5.24 Å². The number of carbonyl (C=O) groups excluding carboxylic acids is 1.